The summed E-state index contributed by atoms with van der Waals surface area (Å²) in [4.78, 5) is 17.8. The first-order valence-electron chi connectivity index (χ1n) is 12.1. The van der Waals surface area contributed by atoms with Gasteiger partial charge in [-0.15, -0.1) is 0 Å². The minimum absolute atomic E-state index is 0.0942. The van der Waals surface area contributed by atoms with Gasteiger partial charge in [-0.3, -0.25) is 4.79 Å². The zero-order chi connectivity index (χ0) is 23.5. The fraction of sp³-hybridized carbons (Fsp3) is 0.345. The molecule has 2 aliphatic rings. The maximum Gasteiger partial charge on any atom is 0.256 e. The maximum absolute atomic E-state index is 13.6. The van der Waals surface area contributed by atoms with Gasteiger partial charge in [0.2, 0.25) is 0 Å². The van der Waals surface area contributed by atoms with Crippen molar-refractivity contribution in [3.05, 3.63) is 96.1 Å². The Morgan fingerprint density at radius 1 is 0.882 bits per heavy atom. The molecule has 5 nitrogen and oxygen atoms in total. The van der Waals surface area contributed by atoms with Crippen LogP contribution >= 0.6 is 0 Å². The van der Waals surface area contributed by atoms with E-state index in [9.17, 15) is 4.79 Å². The second-order valence-corrected chi connectivity index (χ2v) is 9.40. The van der Waals surface area contributed by atoms with Crippen LogP contribution in [-0.2, 0) is 4.74 Å². The first kappa shape index (κ1) is 22.6. The van der Waals surface area contributed by atoms with Crippen LogP contribution in [0.15, 0.2) is 84.9 Å². The van der Waals surface area contributed by atoms with Crippen molar-refractivity contribution in [1.29, 1.82) is 0 Å². The van der Waals surface area contributed by atoms with Gasteiger partial charge in [-0.25, -0.2) is 0 Å². The van der Waals surface area contributed by atoms with Crippen molar-refractivity contribution >= 4 is 5.91 Å². The molecule has 3 aromatic rings. The number of carbonyl (C=O) groups excluding carboxylic acids is 1. The molecule has 0 spiro atoms. The summed E-state index contributed by atoms with van der Waals surface area (Å²) in [6.45, 7) is 0. The fourth-order valence-electron chi connectivity index (χ4n) is 5.29. The molecule has 0 aliphatic carbocycles. The van der Waals surface area contributed by atoms with E-state index in [1.807, 2.05) is 85.9 Å². The lowest BCUT2D eigenvalue weighted by Gasteiger charge is -2.39. The molecule has 2 heterocycles. The third kappa shape index (κ3) is 4.86. The van der Waals surface area contributed by atoms with Gasteiger partial charge in [0.25, 0.3) is 5.91 Å². The summed E-state index contributed by atoms with van der Waals surface area (Å²) in [7, 11) is 4.06. The first-order valence-corrected chi connectivity index (χ1v) is 12.1. The summed E-state index contributed by atoms with van der Waals surface area (Å²) in [5.74, 6) is 1.28. The number of fused-ring (bicyclic) bond motifs is 2. The van der Waals surface area contributed by atoms with Crippen molar-refractivity contribution in [2.45, 2.75) is 50.1 Å². The zero-order valence-electron chi connectivity index (χ0n) is 19.8. The first-order chi connectivity index (χ1) is 16.6. The van der Waals surface area contributed by atoms with Crippen LogP contribution < -0.4 is 4.74 Å². The molecule has 2 fully saturated rings. The Hall–Kier alpha value is -3.15. The summed E-state index contributed by atoms with van der Waals surface area (Å²) < 4.78 is 12.6. The van der Waals surface area contributed by atoms with Gasteiger partial charge >= 0.3 is 0 Å². The minimum Gasteiger partial charge on any atom is -0.457 e. The number of benzene rings is 3. The van der Waals surface area contributed by atoms with Crippen LogP contribution in [0.25, 0.3) is 0 Å². The van der Waals surface area contributed by atoms with Crippen molar-refractivity contribution in [1.82, 2.24) is 9.80 Å². The second-order valence-electron chi connectivity index (χ2n) is 9.40. The Kier molecular flexibility index (Phi) is 6.66. The van der Waals surface area contributed by atoms with Crippen molar-refractivity contribution in [2.24, 2.45) is 0 Å². The Bertz CT molecular complexity index is 1090. The van der Waals surface area contributed by atoms with Crippen LogP contribution in [-0.4, -0.2) is 48.0 Å². The lowest BCUT2D eigenvalue weighted by Crippen LogP contribution is -2.44. The molecule has 1 unspecified atom stereocenters. The minimum atomic E-state index is -0.444. The van der Waals surface area contributed by atoms with E-state index >= 15 is 0 Å². The van der Waals surface area contributed by atoms with E-state index in [4.69, 9.17) is 9.47 Å². The molecular weight excluding hydrogens is 424 g/mol. The Labute approximate surface area is 201 Å². The number of hydrogen-bond donors (Lipinski definition) is 0. The molecule has 5 heteroatoms. The maximum atomic E-state index is 13.6. The van der Waals surface area contributed by atoms with Crippen molar-refractivity contribution < 1.29 is 14.3 Å². The monoisotopic (exact) mass is 456 g/mol. The van der Waals surface area contributed by atoms with Crippen LogP contribution in [0.1, 0.15) is 47.8 Å². The van der Waals surface area contributed by atoms with E-state index in [2.05, 4.69) is 11.9 Å². The summed E-state index contributed by atoms with van der Waals surface area (Å²) in [5.41, 5.74) is 1.56. The molecule has 0 aromatic heterocycles. The number of carbonyl (C=O) groups is 1. The Morgan fingerprint density at radius 2 is 1.50 bits per heavy atom. The molecule has 2 aliphatic heterocycles. The summed E-state index contributed by atoms with van der Waals surface area (Å²) in [6.07, 6.45) is 4.19. The molecule has 4 atom stereocenters. The molecule has 3 aromatic carbocycles. The highest BCUT2D eigenvalue weighted by Gasteiger charge is 2.40. The summed E-state index contributed by atoms with van der Waals surface area (Å²) >= 11 is 0. The van der Waals surface area contributed by atoms with Crippen LogP contribution in [0.2, 0.25) is 0 Å². The SMILES string of the molecule is CN(C(=O)c1cccc(Oc2ccccc2)c1)C(O[C@@H]1C[C@H]2CC[C@@H](C1)N2C)c1ccccc1. The van der Waals surface area contributed by atoms with Gasteiger partial charge in [0.05, 0.1) is 6.10 Å². The molecule has 176 valence electrons. The summed E-state index contributed by atoms with van der Waals surface area (Å²) in [5, 5.41) is 0. The number of ether oxygens (including phenoxy) is 2. The molecule has 2 saturated heterocycles. The normalized spacial score (nSPS) is 22.8. The van der Waals surface area contributed by atoms with Gasteiger partial charge in [0, 0.05) is 30.3 Å². The topological polar surface area (TPSA) is 42.0 Å². The molecule has 0 saturated carbocycles. The number of hydrogen-bond acceptors (Lipinski definition) is 4. The lowest BCUT2D eigenvalue weighted by atomic mass is 10.00. The van der Waals surface area contributed by atoms with Crippen LogP contribution in [0.5, 0.6) is 11.5 Å². The van der Waals surface area contributed by atoms with Gasteiger partial charge in [-0.1, -0.05) is 54.6 Å². The Balaban J connectivity index is 1.35. The van der Waals surface area contributed by atoms with Crippen molar-refractivity contribution in [3.8, 4) is 11.5 Å². The van der Waals surface area contributed by atoms with Gasteiger partial charge in [-0.2, -0.15) is 0 Å². The highest BCUT2D eigenvalue weighted by molar-refractivity contribution is 5.94. The molecule has 34 heavy (non-hydrogen) atoms. The van der Waals surface area contributed by atoms with E-state index in [0.29, 0.717) is 23.4 Å². The van der Waals surface area contributed by atoms with Gasteiger partial charge in [0.15, 0.2) is 6.23 Å². The molecule has 0 radical (unpaired) electrons. The standard InChI is InChI=1S/C29H32N2O3/c1-30-23-16-17-24(30)20-27(19-23)34-29(21-10-5-3-6-11-21)31(2)28(32)22-12-9-15-26(18-22)33-25-13-7-4-8-14-25/h3-15,18,23-24,27,29H,16-17,19-20H2,1-2H3/t23-,24+,27-,29?. The fourth-order valence-corrected chi connectivity index (χ4v) is 5.29. The van der Waals surface area contributed by atoms with E-state index in [1.54, 1.807) is 11.0 Å². The summed E-state index contributed by atoms with van der Waals surface area (Å²) in [6, 6.07) is 28.1. The van der Waals surface area contributed by atoms with Crippen molar-refractivity contribution in [2.75, 3.05) is 14.1 Å². The zero-order valence-corrected chi connectivity index (χ0v) is 19.8. The van der Waals surface area contributed by atoms with Crippen LogP contribution in [0, 0.1) is 0 Å². The molecule has 1 amide bonds. The van der Waals surface area contributed by atoms with Gasteiger partial charge in [-0.05, 0) is 63.1 Å². The lowest BCUT2D eigenvalue weighted by molar-refractivity contribution is -0.106. The average molecular weight is 457 g/mol. The Morgan fingerprint density at radius 3 is 2.18 bits per heavy atom. The molecule has 2 bridgehead atoms. The highest BCUT2D eigenvalue weighted by atomic mass is 16.5. The number of amides is 1. The third-order valence-electron chi connectivity index (χ3n) is 7.19. The van der Waals surface area contributed by atoms with Crippen LogP contribution in [0.3, 0.4) is 0 Å². The molecule has 5 rings (SSSR count). The second kappa shape index (κ2) is 10.00. The number of para-hydroxylation sites is 1. The van der Waals surface area contributed by atoms with E-state index in [0.717, 1.165) is 24.2 Å². The number of piperidine rings is 1. The van der Waals surface area contributed by atoms with E-state index in [1.165, 1.54) is 12.8 Å². The average Bonchev–Trinajstić information content (AvgIpc) is 3.07. The van der Waals surface area contributed by atoms with Crippen molar-refractivity contribution in [3.63, 3.8) is 0 Å². The molecular formula is C29H32N2O3. The molecule has 0 N–H and O–H groups in total. The van der Waals surface area contributed by atoms with Gasteiger partial charge in [0.1, 0.15) is 11.5 Å². The van der Waals surface area contributed by atoms with E-state index in [-0.39, 0.29) is 12.0 Å². The number of rotatable bonds is 7. The quantitative estimate of drug-likeness (QED) is 0.416. The van der Waals surface area contributed by atoms with Gasteiger partial charge < -0.3 is 19.3 Å². The van der Waals surface area contributed by atoms with E-state index < -0.39 is 6.23 Å². The highest BCUT2D eigenvalue weighted by Crippen LogP contribution is 2.38. The third-order valence-corrected chi connectivity index (χ3v) is 7.19. The smallest absolute Gasteiger partial charge is 0.256 e. The number of nitrogens with zero attached hydrogens (tertiary/aromatic N) is 2. The largest absolute Gasteiger partial charge is 0.457 e. The predicted octanol–water partition coefficient (Wildman–Crippen LogP) is 5.89. The van der Waals surface area contributed by atoms with Crippen LogP contribution in [0.4, 0.5) is 0 Å². The predicted molar refractivity (Wildman–Crippen MR) is 133 cm³/mol.